The van der Waals surface area contributed by atoms with Crippen molar-refractivity contribution in [2.24, 2.45) is 0 Å². The third-order valence-electron chi connectivity index (χ3n) is 1.17. The maximum Gasteiger partial charge on any atom is 0.313 e. The van der Waals surface area contributed by atoms with E-state index in [4.69, 9.17) is 4.74 Å². The average molecular weight is 182 g/mol. The molecule has 0 bridgehead atoms. The lowest BCUT2D eigenvalue weighted by atomic mass is 10.3. The molecule has 0 aliphatic rings. The molecule has 0 heterocycles. The molecule has 0 N–H and O–H groups in total. The number of Topliss-reactive ketones (excluding diaryl/α,β-unsaturated/α-hetero) is 1. The first-order valence-corrected chi connectivity index (χ1v) is 4.09. The van der Waals surface area contributed by atoms with Crippen molar-refractivity contribution in [2.45, 2.75) is 20.3 Å². The molecule has 0 amide bonds. The number of esters is 1. The molecule has 0 aliphatic heterocycles. The van der Waals surface area contributed by atoms with Gasteiger partial charge in [-0.15, -0.1) is 0 Å². The van der Waals surface area contributed by atoms with E-state index < -0.39 is 5.97 Å². The highest BCUT2D eigenvalue weighted by molar-refractivity contribution is 5.94. The Balaban J connectivity index is 3.53. The zero-order chi connectivity index (χ0) is 10.1. The number of hydrogen-bond donors (Lipinski definition) is 0. The predicted octanol–water partition coefficient (Wildman–Crippen LogP) is 1.64. The number of ether oxygens (including phenoxy) is 1. The largest absolute Gasteiger partial charge is 0.461 e. The van der Waals surface area contributed by atoms with Crippen LogP contribution in [0.4, 0.5) is 0 Å². The van der Waals surface area contributed by atoms with Crippen LogP contribution in [-0.4, -0.2) is 18.4 Å². The molecular weight excluding hydrogens is 168 g/mol. The second-order valence-corrected chi connectivity index (χ2v) is 2.52. The molecular formula is C10H14O3. The third kappa shape index (κ3) is 8.53. The average Bonchev–Trinajstić information content (AvgIpc) is 2.02. The van der Waals surface area contributed by atoms with Crippen LogP contribution >= 0.6 is 0 Å². The van der Waals surface area contributed by atoms with E-state index in [2.05, 4.69) is 0 Å². The first-order valence-electron chi connectivity index (χ1n) is 4.09. The summed E-state index contributed by atoms with van der Waals surface area (Å²) in [6, 6.07) is 0. The smallest absolute Gasteiger partial charge is 0.313 e. The van der Waals surface area contributed by atoms with Gasteiger partial charge < -0.3 is 4.74 Å². The lowest BCUT2D eigenvalue weighted by Crippen LogP contribution is -2.08. The summed E-state index contributed by atoms with van der Waals surface area (Å²) in [6.45, 7) is 3.47. The highest BCUT2D eigenvalue weighted by Gasteiger charge is 2.03. The van der Waals surface area contributed by atoms with Gasteiger partial charge in [-0.05, 0) is 19.9 Å². The van der Waals surface area contributed by atoms with Gasteiger partial charge in [0.2, 0.25) is 0 Å². The predicted molar refractivity (Wildman–Crippen MR) is 50.2 cm³/mol. The highest BCUT2D eigenvalue weighted by Crippen LogP contribution is 1.88. The van der Waals surface area contributed by atoms with Gasteiger partial charge in [0.1, 0.15) is 18.8 Å². The normalized spacial score (nSPS) is 10.9. The zero-order valence-corrected chi connectivity index (χ0v) is 7.95. The van der Waals surface area contributed by atoms with Crippen LogP contribution in [-0.2, 0) is 14.3 Å². The molecule has 72 valence electrons. The van der Waals surface area contributed by atoms with E-state index in [0.717, 1.165) is 0 Å². The van der Waals surface area contributed by atoms with Gasteiger partial charge in [-0.1, -0.05) is 18.2 Å². The van der Waals surface area contributed by atoms with Crippen LogP contribution in [0.25, 0.3) is 0 Å². The molecule has 3 heteroatoms. The van der Waals surface area contributed by atoms with Crippen LogP contribution in [0.15, 0.2) is 24.3 Å². The maximum atomic E-state index is 10.8. The summed E-state index contributed by atoms with van der Waals surface area (Å²) in [5, 5.41) is 0. The minimum Gasteiger partial charge on any atom is -0.461 e. The van der Waals surface area contributed by atoms with Crippen LogP contribution in [0.2, 0.25) is 0 Å². The molecule has 0 radical (unpaired) electrons. The topological polar surface area (TPSA) is 43.4 Å². The molecule has 0 atom stereocenters. The van der Waals surface area contributed by atoms with Crippen LogP contribution in [0, 0.1) is 0 Å². The highest BCUT2D eigenvalue weighted by atomic mass is 16.5. The fraction of sp³-hybridized carbons (Fsp3) is 0.400. The van der Waals surface area contributed by atoms with Crippen molar-refractivity contribution in [2.75, 3.05) is 6.61 Å². The van der Waals surface area contributed by atoms with Gasteiger partial charge in [0, 0.05) is 0 Å². The number of carbonyl (C=O) groups is 2. The minimum absolute atomic E-state index is 0.141. The molecule has 13 heavy (non-hydrogen) atoms. The maximum absolute atomic E-state index is 10.8. The van der Waals surface area contributed by atoms with E-state index in [0.29, 0.717) is 0 Å². The van der Waals surface area contributed by atoms with E-state index in [-0.39, 0.29) is 18.8 Å². The number of carbonyl (C=O) groups excluding carboxylic acids is 2. The molecule has 0 unspecified atom stereocenters. The Labute approximate surface area is 78.1 Å². The number of ketones is 1. The molecule has 0 spiro atoms. The molecule has 0 rings (SSSR count). The van der Waals surface area contributed by atoms with Crippen molar-refractivity contribution in [3.63, 3.8) is 0 Å². The summed E-state index contributed by atoms with van der Waals surface area (Å²) in [6.07, 6.45) is 7.04. The molecule has 0 aromatic heterocycles. The van der Waals surface area contributed by atoms with Gasteiger partial charge in [-0.2, -0.15) is 0 Å². The summed E-state index contributed by atoms with van der Waals surface area (Å²) < 4.78 is 4.72. The van der Waals surface area contributed by atoms with E-state index >= 15 is 0 Å². The lowest BCUT2D eigenvalue weighted by Gasteiger charge is -1.97. The summed E-state index contributed by atoms with van der Waals surface area (Å²) in [5.41, 5.74) is 0. The number of allylic oxidation sites excluding steroid dienone is 3. The second kappa shape index (κ2) is 7.28. The fourth-order valence-electron chi connectivity index (χ4n) is 0.641. The van der Waals surface area contributed by atoms with Crippen LogP contribution in [0.1, 0.15) is 20.3 Å². The fourth-order valence-corrected chi connectivity index (χ4v) is 0.641. The van der Waals surface area contributed by atoms with E-state index in [1.54, 1.807) is 12.2 Å². The minimum atomic E-state index is -0.474. The van der Waals surface area contributed by atoms with Gasteiger partial charge in [-0.25, -0.2) is 0 Å². The third-order valence-corrected chi connectivity index (χ3v) is 1.17. The summed E-state index contributed by atoms with van der Waals surface area (Å²) in [4.78, 5) is 21.3. The molecule has 0 aromatic carbocycles. The van der Waals surface area contributed by atoms with Gasteiger partial charge in [0.25, 0.3) is 0 Å². The number of rotatable bonds is 5. The van der Waals surface area contributed by atoms with Crippen molar-refractivity contribution in [3.8, 4) is 0 Å². The van der Waals surface area contributed by atoms with E-state index in [1.807, 2.05) is 19.1 Å². The van der Waals surface area contributed by atoms with Gasteiger partial charge in [0.15, 0.2) is 0 Å². The standard InChI is InChI=1S/C10H14O3/c1-3-4-5-6-7-13-10(12)8-9(2)11/h3-6H,7-8H2,1-2H3/b4-3+,6-5+. The first kappa shape index (κ1) is 11.6. The second-order valence-electron chi connectivity index (χ2n) is 2.52. The summed E-state index contributed by atoms with van der Waals surface area (Å²) >= 11 is 0. The quantitative estimate of drug-likeness (QED) is 0.369. The molecule has 3 nitrogen and oxygen atoms in total. The Morgan fingerprint density at radius 1 is 1.31 bits per heavy atom. The summed E-state index contributed by atoms with van der Waals surface area (Å²) in [7, 11) is 0. The van der Waals surface area contributed by atoms with Gasteiger partial charge in [-0.3, -0.25) is 9.59 Å². The SMILES string of the molecule is C/C=C/C=C/COC(=O)CC(C)=O. The molecule has 0 saturated carbocycles. The summed E-state index contributed by atoms with van der Waals surface area (Å²) in [5.74, 6) is -0.653. The Morgan fingerprint density at radius 3 is 2.54 bits per heavy atom. The van der Waals surface area contributed by atoms with E-state index in [1.165, 1.54) is 6.92 Å². The Morgan fingerprint density at radius 2 is 2.00 bits per heavy atom. The Hall–Kier alpha value is -1.38. The van der Waals surface area contributed by atoms with Crippen molar-refractivity contribution in [1.82, 2.24) is 0 Å². The van der Waals surface area contributed by atoms with Crippen molar-refractivity contribution >= 4 is 11.8 Å². The van der Waals surface area contributed by atoms with E-state index in [9.17, 15) is 9.59 Å². The van der Waals surface area contributed by atoms with Gasteiger partial charge >= 0.3 is 5.97 Å². The molecule has 0 saturated heterocycles. The first-order chi connectivity index (χ1) is 6.16. The van der Waals surface area contributed by atoms with Crippen molar-refractivity contribution in [1.29, 1.82) is 0 Å². The monoisotopic (exact) mass is 182 g/mol. The molecule has 0 aromatic rings. The number of hydrogen-bond acceptors (Lipinski definition) is 3. The van der Waals surface area contributed by atoms with Crippen LogP contribution in [0.5, 0.6) is 0 Å². The van der Waals surface area contributed by atoms with Crippen LogP contribution < -0.4 is 0 Å². The Bertz CT molecular complexity index is 226. The Kier molecular flexibility index (Phi) is 6.51. The molecule has 0 aliphatic carbocycles. The molecule has 0 fully saturated rings. The van der Waals surface area contributed by atoms with Crippen molar-refractivity contribution in [3.05, 3.63) is 24.3 Å². The van der Waals surface area contributed by atoms with Crippen molar-refractivity contribution < 1.29 is 14.3 Å². The zero-order valence-electron chi connectivity index (χ0n) is 7.95. The van der Waals surface area contributed by atoms with Crippen LogP contribution in [0.3, 0.4) is 0 Å². The van der Waals surface area contributed by atoms with Gasteiger partial charge in [0.05, 0.1) is 0 Å². The lowest BCUT2D eigenvalue weighted by molar-refractivity contribution is -0.144.